The van der Waals surface area contributed by atoms with E-state index in [1.807, 2.05) is 60.9 Å². The maximum atomic E-state index is 5.90. The summed E-state index contributed by atoms with van der Waals surface area (Å²) in [6.07, 6.45) is 0. The minimum Gasteiger partial charge on any atom is -0.424 e. The van der Waals surface area contributed by atoms with Gasteiger partial charge in [0.15, 0.2) is 5.82 Å². The summed E-state index contributed by atoms with van der Waals surface area (Å²) in [7, 11) is 0. The topological polar surface area (TPSA) is 66.0 Å². The van der Waals surface area contributed by atoms with Crippen LogP contribution in [0.2, 0.25) is 0 Å². The van der Waals surface area contributed by atoms with Crippen LogP contribution in [0, 0.1) is 0 Å². The Kier molecular flexibility index (Phi) is 4.39. The molecule has 3 rings (SSSR count). The summed E-state index contributed by atoms with van der Waals surface area (Å²) in [6.45, 7) is 4.61. The minimum absolute atomic E-state index is 0.180. The molecule has 0 fully saturated rings. The zero-order valence-electron chi connectivity index (χ0n) is 13.3. The lowest BCUT2D eigenvalue weighted by Crippen LogP contribution is -2.13. The third-order valence-electron chi connectivity index (χ3n) is 3.64. The molecule has 0 saturated heterocycles. The highest BCUT2D eigenvalue weighted by Crippen LogP contribution is 2.26. The zero-order chi connectivity index (χ0) is 16.2. The first-order valence-electron chi connectivity index (χ1n) is 7.71. The standard InChI is InChI=1S/C18H20N4O/c1-3-22-17(13(2)19)20-21-18(22)23-16-11-9-15(10-12-16)14-7-5-4-6-8-14/h4-13H,3,19H2,1-2H3/t13-/m1/s1. The molecule has 0 saturated carbocycles. The maximum absolute atomic E-state index is 5.90. The highest BCUT2D eigenvalue weighted by molar-refractivity contribution is 5.63. The van der Waals surface area contributed by atoms with E-state index in [9.17, 15) is 0 Å². The molecule has 0 aliphatic heterocycles. The normalized spacial score (nSPS) is 12.1. The summed E-state index contributed by atoms with van der Waals surface area (Å²) in [5.74, 6) is 1.45. The molecule has 1 atom stereocenters. The summed E-state index contributed by atoms with van der Waals surface area (Å²) in [6, 6.07) is 18.4. The monoisotopic (exact) mass is 308 g/mol. The SMILES string of the molecule is CCn1c(Oc2ccc(-c3ccccc3)cc2)nnc1[C@@H](C)N. The van der Waals surface area contributed by atoms with Gasteiger partial charge in [0.25, 0.3) is 0 Å². The first-order chi connectivity index (χ1) is 11.2. The number of aromatic nitrogens is 3. The summed E-state index contributed by atoms with van der Waals surface area (Å²) in [5, 5.41) is 8.21. The number of nitrogens with zero attached hydrogens (tertiary/aromatic N) is 3. The van der Waals surface area contributed by atoms with Crippen molar-refractivity contribution in [3.8, 4) is 22.9 Å². The van der Waals surface area contributed by atoms with Crippen LogP contribution in [-0.2, 0) is 6.54 Å². The van der Waals surface area contributed by atoms with Crippen molar-refractivity contribution in [2.24, 2.45) is 5.73 Å². The van der Waals surface area contributed by atoms with E-state index in [1.54, 1.807) is 0 Å². The Morgan fingerprint density at radius 1 is 1.00 bits per heavy atom. The Balaban J connectivity index is 1.82. The van der Waals surface area contributed by atoms with Crippen molar-refractivity contribution in [1.82, 2.24) is 14.8 Å². The predicted molar refractivity (Wildman–Crippen MR) is 90.3 cm³/mol. The van der Waals surface area contributed by atoms with Gasteiger partial charge in [-0.05, 0) is 37.1 Å². The molecule has 2 N–H and O–H groups in total. The van der Waals surface area contributed by atoms with Crippen LogP contribution in [0.5, 0.6) is 11.8 Å². The van der Waals surface area contributed by atoms with Crippen LogP contribution >= 0.6 is 0 Å². The van der Waals surface area contributed by atoms with Crippen LogP contribution in [0.15, 0.2) is 54.6 Å². The van der Waals surface area contributed by atoms with Crippen molar-refractivity contribution in [1.29, 1.82) is 0 Å². The van der Waals surface area contributed by atoms with Gasteiger partial charge in [0.1, 0.15) is 5.75 Å². The summed E-state index contributed by atoms with van der Waals surface area (Å²) >= 11 is 0. The fourth-order valence-corrected chi connectivity index (χ4v) is 2.46. The van der Waals surface area contributed by atoms with Gasteiger partial charge in [0.05, 0.1) is 6.04 Å². The average Bonchev–Trinajstić information content (AvgIpc) is 2.99. The Morgan fingerprint density at radius 3 is 2.26 bits per heavy atom. The molecule has 3 aromatic rings. The number of benzene rings is 2. The van der Waals surface area contributed by atoms with Crippen molar-refractivity contribution in [2.75, 3.05) is 0 Å². The molecular weight excluding hydrogens is 288 g/mol. The average molecular weight is 308 g/mol. The molecule has 0 amide bonds. The van der Waals surface area contributed by atoms with Crippen molar-refractivity contribution in [3.63, 3.8) is 0 Å². The molecule has 1 heterocycles. The molecule has 5 heteroatoms. The van der Waals surface area contributed by atoms with Gasteiger partial charge in [-0.15, -0.1) is 5.10 Å². The molecule has 0 aliphatic rings. The Bertz CT molecular complexity index is 763. The van der Waals surface area contributed by atoms with Crippen molar-refractivity contribution >= 4 is 0 Å². The van der Waals surface area contributed by atoms with Crippen LogP contribution < -0.4 is 10.5 Å². The van der Waals surface area contributed by atoms with Gasteiger partial charge in [-0.2, -0.15) is 0 Å². The lowest BCUT2D eigenvalue weighted by molar-refractivity contribution is 0.409. The third kappa shape index (κ3) is 3.24. The zero-order valence-corrected chi connectivity index (χ0v) is 13.3. The molecule has 0 bridgehead atoms. The van der Waals surface area contributed by atoms with E-state index in [-0.39, 0.29) is 6.04 Å². The summed E-state index contributed by atoms with van der Waals surface area (Å²) in [5.41, 5.74) is 8.22. The molecule has 5 nitrogen and oxygen atoms in total. The molecule has 0 unspecified atom stereocenters. The lowest BCUT2D eigenvalue weighted by Gasteiger charge is -2.10. The fraction of sp³-hybridized carbons (Fsp3) is 0.222. The second-order valence-electron chi connectivity index (χ2n) is 5.37. The smallest absolute Gasteiger partial charge is 0.322 e. The van der Waals surface area contributed by atoms with Crippen molar-refractivity contribution < 1.29 is 4.74 Å². The van der Waals surface area contributed by atoms with Gasteiger partial charge in [-0.25, -0.2) is 0 Å². The van der Waals surface area contributed by atoms with Gasteiger partial charge < -0.3 is 10.5 Å². The number of hydrogen-bond donors (Lipinski definition) is 1. The first kappa shape index (κ1) is 15.2. The molecule has 0 aliphatic carbocycles. The third-order valence-corrected chi connectivity index (χ3v) is 3.64. The second-order valence-corrected chi connectivity index (χ2v) is 5.37. The van der Waals surface area contributed by atoms with Crippen LogP contribution in [0.25, 0.3) is 11.1 Å². The van der Waals surface area contributed by atoms with Crippen LogP contribution in [0.1, 0.15) is 25.7 Å². The molecule has 0 radical (unpaired) electrons. The Morgan fingerprint density at radius 2 is 1.65 bits per heavy atom. The number of hydrogen-bond acceptors (Lipinski definition) is 4. The Labute approximate surface area is 135 Å². The molecule has 0 spiro atoms. The maximum Gasteiger partial charge on any atom is 0.322 e. The van der Waals surface area contributed by atoms with E-state index in [2.05, 4.69) is 22.3 Å². The van der Waals surface area contributed by atoms with Gasteiger partial charge in [0, 0.05) is 6.54 Å². The predicted octanol–water partition coefficient (Wildman–Crippen LogP) is 3.78. The summed E-state index contributed by atoms with van der Waals surface area (Å²) < 4.78 is 7.74. The minimum atomic E-state index is -0.180. The highest BCUT2D eigenvalue weighted by Gasteiger charge is 2.15. The molecular formula is C18H20N4O. The summed E-state index contributed by atoms with van der Waals surface area (Å²) in [4.78, 5) is 0. The molecule has 2 aromatic carbocycles. The van der Waals surface area contributed by atoms with E-state index in [4.69, 9.17) is 10.5 Å². The second kappa shape index (κ2) is 6.62. The molecule has 118 valence electrons. The fourth-order valence-electron chi connectivity index (χ4n) is 2.46. The number of nitrogens with two attached hydrogens (primary N) is 1. The van der Waals surface area contributed by atoms with Gasteiger partial charge in [-0.3, -0.25) is 4.57 Å². The van der Waals surface area contributed by atoms with E-state index < -0.39 is 0 Å². The van der Waals surface area contributed by atoms with E-state index in [0.29, 0.717) is 12.6 Å². The van der Waals surface area contributed by atoms with Gasteiger partial charge >= 0.3 is 6.01 Å². The van der Waals surface area contributed by atoms with E-state index >= 15 is 0 Å². The van der Waals surface area contributed by atoms with E-state index in [1.165, 1.54) is 5.56 Å². The number of ether oxygens (including phenoxy) is 1. The van der Waals surface area contributed by atoms with Crippen molar-refractivity contribution in [3.05, 3.63) is 60.4 Å². The first-order valence-corrected chi connectivity index (χ1v) is 7.71. The van der Waals surface area contributed by atoms with E-state index in [0.717, 1.165) is 17.1 Å². The highest BCUT2D eigenvalue weighted by atomic mass is 16.5. The van der Waals surface area contributed by atoms with Crippen molar-refractivity contribution in [2.45, 2.75) is 26.4 Å². The molecule has 1 aromatic heterocycles. The van der Waals surface area contributed by atoms with Crippen LogP contribution in [0.3, 0.4) is 0 Å². The largest absolute Gasteiger partial charge is 0.424 e. The van der Waals surface area contributed by atoms with Gasteiger partial charge in [-0.1, -0.05) is 47.6 Å². The molecule has 23 heavy (non-hydrogen) atoms. The van der Waals surface area contributed by atoms with Crippen LogP contribution in [0.4, 0.5) is 0 Å². The Hall–Kier alpha value is -2.66. The lowest BCUT2D eigenvalue weighted by atomic mass is 10.1. The van der Waals surface area contributed by atoms with Crippen LogP contribution in [-0.4, -0.2) is 14.8 Å². The number of rotatable bonds is 5. The quantitative estimate of drug-likeness (QED) is 0.779. The van der Waals surface area contributed by atoms with Gasteiger partial charge in [0.2, 0.25) is 0 Å².